The van der Waals surface area contributed by atoms with E-state index < -0.39 is 0 Å². The predicted molar refractivity (Wildman–Crippen MR) is 73.9 cm³/mol. The van der Waals surface area contributed by atoms with Crippen LogP contribution in [-0.2, 0) is 11.2 Å². The second-order valence-electron chi connectivity index (χ2n) is 4.33. The van der Waals surface area contributed by atoms with Crippen LogP contribution in [0, 0.1) is 0 Å². The Balaban J connectivity index is 0.00000144. The highest BCUT2D eigenvalue weighted by molar-refractivity contribution is 7.10. The zero-order valence-electron chi connectivity index (χ0n) is 10.2. The van der Waals surface area contributed by atoms with Gasteiger partial charge in [-0.05, 0) is 25.3 Å². The van der Waals surface area contributed by atoms with Gasteiger partial charge in [-0.2, -0.15) is 0 Å². The number of carbonyl (C=O) groups is 1. The maximum atomic E-state index is 12.1. The summed E-state index contributed by atoms with van der Waals surface area (Å²) in [5, 5.41) is 5.40. The van der Waals surface area contributed by atoms with Gasteiger partial charge in [0.1, 0.15) is 0 Å². The number of piperazine rings is 1. The summed E-state index contributed by atoms with van der Waals surface area (Å²) in [6.07, 6.45) is 0.550. The minimum Gasteiger partial charge on any atom is -0.337 e. The number of amides is 1. The summed E-state index contributed by atoms with van der Waals surface area (Å²) in [5.41, 5.74) is 0. The Morgan fingerprint density at radius 2 is 2.35 bits per heavy atom. The van der Waals surface area contributed by atoms with E-state index in [-0.39, 0.29) is 18.3 Å². The number of hydrogen-bond donors (Lipinski definition) is 1. The topological polar surface area (TPSA) is 32.3 Å². The first-order chi connectivity index (χ1) is 7.68. The minimum absolute atomic E-state index is 0. The van der Waals surface area contributed by atoms with E-state index in [0.29, 0.717) is 18.5 Å². The normalized spacial score (nSPS) is 24.2. The van der Waals surface area contributed by atoms with Crippen LogP contribution in [0.5, 0.6) is 0 Å². The quantitative estimate of drug-likeness (QED) is 0.894. The molecule has 17 heavy (non-hydrogen) atoms. The standard InChI is InChI=1S/C12H18N2OS.ClH/c1-9-10(2)14(6-5-13-9)12(15)8-11-4-3-7-16-11;/h3-4,7,9-10,13H,5-6,8H2,1-2H3;1H. The average Bonchev–Trinajstić information content (AvgIpc) is 2.74. The molecule has 0 aliphatic carbocycles. The van der Waals surface area contributed by atoms with Gasteiger partial charge in [-0.25, -0.2) is 0 Å². The van der Waals surface area contributed by atoms with E-state index in [0.717, 1.165) is 18.0 Å². The molecule has 2 atom stereocenters. The van der Waals surface area contributed by atoms with Crippen molar-refractivity contribution < 1.29 is 4.79 Å². The van der Waals surface area contributed by atoms with E-state index >= 15 is 0 Å². The monoisotopic (exact) mass is 274 g/mol. The average molecular weight is 275 g/mol. The number of hydrogen-bond acceptors (Lipinski definition) is 3. The Labute approximate surface area is 113 Å². The molecule has 1 aromatic heterocycles. The molecule has 96 valence electrons. The molecule has 0 bridgehead atoms. The maximum Gasteiger partial charge on any atom is 0.228 e. The zero-order chi connectivity index (χ0) is 11.5. The van der Waals surface area contributed by atoms with Crippen molar-refractivity contribution in [3.63, 3.8) is 0 Å². The number of nitrogens with one attached hydrogen (secondary N) is 1. The molecule has 2 heterocycles. The molecule has 2 rings (SSSR count). The summed E-state index contributed by atoms with van der Waals surface area (Å²) in [5.74, 6) is 0.253. The van der Waals surface area contributed by atoms with Gasteiger partial charge in [0.25, 0.3) is 0 Å². The van der Waals surface area contributed by atoms with Crippen LogP contribution >= 0.6 is 23.7 Å². The molecule has 1 amide bonds. The molecular formula is C12H19ClN2OS. The van der Waals surface area contributed by atoms with Crippen molar-refractivity contribution in [3.8, 4) is 0 Å². The Hall–Kier alpha value is -0.580. The molecule has 1 N–H and O–H groups in total. The highest BCUT2D eigenvalue weighted by atomic mass is 35.5. The Morgan fingerprint density at radius 3 is 3.00 bits per heavy atom. The number of thiophene rings is 1. The van der Waals surface area contributed by atoms with E-state index in [1.54, 1.807) is 11.3 Å². The lowest BCUT2D eigenvalue weighted by molar-refractivity contribution is -0.134. The second-order valence-corrected chi connectivity index (χ2v) is 5.36. The van der Waals surface area contributed by atoms with Crippen LogP contribution in [0.25, 0.3) is 0 Å². The number of halogens is 1. The van der Waals surface area contributed by atoms with Crippen molar-refractivity contribution in [2.75, 3.05) is 13.1 Å². The second kappa shape index (κ2) is 6.38. The van der Waals surface area contributed by atoms with Crippen LogP contribution in [0.4, 0.5) is 0 Å². The molecule has 0 aromatic carbocycles. The first-order valence-electron chi connectivity index (χ1n) is 5.73. The molecule has 1 saturated heterocycles. The van der Waals surface area contributed by atoms with Crippen LogP contribution < -0.4 is 5.32 Å². The van der Waals surface area contributed by atoms with Crippen molar-refractivity contribution in [2.24, 2.45) is 0 Å². The van der Waals surface area contributed by atoms with E-state index in [2.05, 4.69) is 19.2 Å². The smallest absolute Gasteiger partial charge is 0.228 e. The van der Waals surface area contributed by atoms with Crippen molar-refractivity contribution in [1.29, 1.82) is 0 Å². The molecule has 1 aromatic rings. The van der Waals surface area contributed by atoms with E-state index in [9.17, 15) is 4.79 Å². The fourth-order valence-electron chi connectivity index (χ4n) is 2.07. The fourth-order valence-corrected chi connectivity index (χ4v) is 2.77. The van der Waals surface area contributed by atoms with Gasteiger partial charge in [0.05, 0.1) is 6.42 Å². The third-order valence-corrected chi connectivity index (χ3v) is 4.14. The SMILES string of the molecule is CC1NCCN(C(=O)Cc2cccs2)C1C.Cl. The summed E-state index contributed by atoms with van der Waals surface area (Å²) in [6.45, 7) is 5.98. The molecule has 5 heteroatoms. The van der Waals surface area contributed by atoms with Crippen LogP contribution in [0.1, 0.15) is 18.7 Å². The van der Waals surface area contributed by atoms with Gasteiger partial charge in [0, 0.05) is 30.1 Å². The number of carbonyl (C=O) groups excluding carboxylic acids is 1. The molecule has 0 spiro atoms. The largest absolute Gasteiger partial charge is 0.337 e. The maximum absolute atomic E-state index is 12.1. The summed E-state index contributed by atoms with van der Waals surface area (Å²) in [7, 11) is 0. The van der Waals surface area contributed by atoms with Gasteiger partial charge in [0.15, 0.2) is 0 Å². The van der Waals surface area contributed by atoms with Crippen LogP contribution in [0.15, 0.2) is 17.5 Å². The third kappa shape index (κ3) is 3.44. The van der Waals surface area contributed by atoms with Gasteiger partial charge >= 0.3 is 0 Å². The van der Waals surface area contributed by atoms with Crippen LogP contribution in [0.3, 0.4) is 0 Å². The predicted octanol–water partition coefficient (Wildman–Crippen LogP) is 1.92. The number of nitrogens with zero attached hydrogens (tertiary/aromatic N) is 1. The van der Waals surface area contributed by atoms with Crippen molar-refractivity contribution >= 4 is 29.7 Å². The van der Waals surface area contributed by atoms with Gasteiger partial charge in [-0.1, -0.05) is 6.07 Å². The minimum atomic E-state index is 0. The zero-order valence-corrected chi connectivity index (χ0v) is 11.8. The Kier molecular flexibility index (Phi) is 5.43. The summed E-state index contributed by atoms with van der Waals surface area (Å²) in [4.78, 5) is 15.3. The van der Waals surface area contributed by atoms with E-state index in [1.807, 2.05) is 22.4 Å². The lowest BCUT2D eigenvalue weighted by atomic mass is 10.1. The van der Waals surface area contributed by atoms with Crippen molar-refractivity contribution in [2.45, 2.75) is 32.4 Å². The molecular weight excluding hydrogens is 256 g/mol. The highest BCUT2D eigenvalue weighted by Gasteiger charge is 2.27. The number of rotatable bonds is 2. The highest BCUT2D eigenvalue weighted by Crippen LogP contribution is 2.14. The molecule has 3 nitrogen and oxygen atoms in total. The molecule has 1 aliphatic heterocycles. The molecule has 1 fully saturated rings. The summed E-state index contributed by atoms with van der Waals surface area (Å²) in [6, 6.07) is 4.71. The molecule has 0 saturated carbocycles. The first-order valence-corrected chi connectivity index (χ1v) is 6.61. The fraction of sp³-hybridized carbons (Fsp3) is 0.583. The summed E-state index contributed by atoms with van der Waals surface area (Å²) >= 11 is 1.65. The van der Waals surface area contributed by atoms with Crippen LogP contribution in [-0.4, -0.2) is 36.0 Å². The third-order valence-electron chi connectivity index (χ3n) is 3.26. The lowest BCUT2D eigenvalue weighted by Gasteiger charge is -2.38. The first kappa shape index (κ1) is 14.5. The Morgan fingerprint density at radius 1 is 1.59 bits per heavy atom. The van der Waals surface area contributed by atoms with Crippen molar-refractivity contribution in [3.05, 3.63) is 22.4 Å². The Bertz CT molecular complexity index is 355. The molecule has 0 radical (unpaired) electrons. The molecule has 1 aliphatic rings. The molecule has 2 unspecified atom stereocenters. The van der Waals surface area contributed by atoms with Crippen LogP contribution in [0.2, 0.25) is 0 Å². The van der Waals surface area contributed by atoms with Gasteiger partial charge in [-0.15, -0.1) is 23.7 Å². The van der Waals surface area contributed by atoms with Gasteiger partial charge in [-0.3, -0.25) is 4.79 Å². The van der Waals surface area contributed by atoms with Gasteiger partial charge in [0.2, 0.25) is 5.91 Å². The lowest BCUT2D eigenvalue weighted by Crippen LogP contribution is -2.57. The van der Waals surface area contributed by atoms with Crippen molar-refractivity contribution in [1.82, 2.24) is 10.2 Å². The van der Waals surface area contributed by atoms with Gasteiger partial charge < -0.3 is 10.2 Å². The summed E-state index contributed by atoms with van der Waals surface area (Å²) < 4.78 is 0. The van der Waals surface area contributed by atoms with E-state index in [1.165, 1.54) is 0 Å². The van der Waals surface area contributed by atoms with E-state index in [4.69, 9.17) is 0 Å².